The molecule has 4 unspecified atom stereocenters. The quantitative estimate of drug-likeness (QED) is 0.741. The molecule has 1 saturated heterocycles. The van der Waals surface area contributed by atoms with Gasteiger partial charge in [0.2, 0.25) is 5.91 Å². The van der Waals surface area contributed by atoms with Gasteiger partial charge in [-0.05, 0) is 38.8 Å². The summed E-state index contributed by atoms with van der Waals surface area (Å²) in [5.74, 6) is 0.694. The van der Waals surface area contributed by atoms with Crippen LogP contribution in [0, 0.1) is 11.8 Å². The van der Waals surface area contributed by atoms with E-state index in [9.17, 15) is 4.79 Å². The Morgan fingerprint density at radius 3 is 2.76 bits per heavy atom. The summed E-state index contributed by atoms with van der Waals surface area (Å²) in [6.45, 7) is 4.22. The molecular formula is C13H25N3O. The van der Waals surface area contributed by atoms with E-state index in [-0.39, 0.29) is 17.9 Å². The average molecular weight is 239 g/mol. The van der Waals surface area contributed by atoms with E-state index in [1.807, 2.05) is 0 Å². The van der Waals surface area contributed by atoms with Crippen LogP contribution in [-0.2, 0) is 4.79 Å². The molecule has 1 saturated carbocycles. The highest BCUT2D eigenvalue weighted by molar-refractivity contribution is 5.79. The van der Waals surface area contributed by atoms with Crippen molar-refractivity contribution in [2.75, 3.05) is 20.1 Å². The van der Waals surface area contributed by atoms with Gasteiger partial charge in [-0.3, -0.25) is 4.79 Å². The molecule has 0 spiro atoms. The molecular weight excluding hydrogens is 214 g/mol. The predicted octanol–water partition coefficient (Wildman–Crippen LogP) is 0.570. The van der Waals surface area contributed by atoms with Crippen molar-refractivity contribution in [3.8, 4) is 0 Å². The molecule has 1 amide bonds. The maximum Gasteiger partial charge on any atom is 0.224 e. The molecule has 2 aliphatic rings. The Bertz CT molecular complexity index is 282. The van der Waals surface area contributed by atoms with Crippen molar-refractivity contribution in [1.82, 2.24) is 10.2 Å². The Morgan fingerprint density at radius 2 is 2.12 bits per heavy atom. The van der Waals surface area contributed by atoms with Gasteiger partial charge in [0.05, 0.1) is 5.92 Å². The van der Waals surface area contributed by atoms with Gasteiger partial charge in [-0.2, -0.15) is 0 Å². The number of carbonyl (C=O) groups excluding carboxylic acids is 1. The molecule has 0 aromatic rings. The van der Waals surface area contributed by atoms with E-state index in [1.165, 1.54) is 0 Å². The van der Waals surface area contributed by atoms with Gasteiger partial charge in [-0.15, -0.1) is 0 Å². The third kappa shape index (κ3) is 2.99. The molecule has 0 aromatic carbocycles. The highest BCUT2D eigenvalue weighted by Crippen LogP contribution is 2.28. The van der Waals surface area contributed by atoms with Gasteiger partial charge in [-0.1, -0.05) is 13.3 Å². The summed E-state index contributed by atoms with van der Waals surface area (Å²) in [5, 5.41) is 3.17. The lowest BCUT2D eigenvalue weighted by Gasteiger charge is -2.33. The van der Waals surface area contributed by atoms with Crippen molar-refractivity contribution in [2.45, 2.75) is 44.7 Å². The zero-order valence-corrected chi connectivity index (χ0v) is 11.0. The Kier molecular flexibility index (Phi) is 4.05. The number of rotatable bonds is 2. The first-order chi connectivity index (χ1) is 8.08. The highest BCUT2D eigenvalue weighted by atomic mass is 16.2. The number of likely N-dealkylation sites (N-methyl/N-ethyl adjacent to an activating group) is 1. The second kappa shape index (κ2) is 5.36. The number of nitrogens with zero attached hydrogens (tertiary/aromatic N) is 1. The topological polar surface area (TPSA) is 58.4 Å². The molecule has 2 fully saturated rings. The Balaban J connectivity index is 1.86. The lowest BCUT2D eigenvalue weighted by atomic mass is 9.78. The number of likely N-dealkylation sites (tertiary alicyclic amines) is 1. The molecule has 3 N–H and O–H groups in total. The second-order valence-corrected chi connectivity index (χ2v) is 5.85. The summed E-state index contributed by atoms with van der Waals surface area (Å²) in [5.41, 5.74) is 6.15. The Labute approximate surface area is 104 Å². The molecule has 4 nitrogen and oxygen atoms in total. The van der Waals surface area contributed by atoms with Gasteiger partial charge in [0.15, 0.2) is 0 Å². The molecule has 1 aliphatic heterocycles. The number of nitrogens with one attached hydrogen (secondary N) is 1. The minimum absolute atomic E-state index is 0.0321. The van der Waals surface area contributed by atoms with E-state index in [4.69, 9.17) is 5.73 Å². The molecule has 17 heavy (non-hydrogen) atoms. The van der Waals surface area contributed by atoms with Crippen LogP contribution < -0.4 is 11.1 Å². The molecule has 0 aromatic heterocycles. The SMILES string of the molecule is CC1CCCC(C(=O)NC2CCN(C)C2)C1N. The van der Waals surface area contributed by atoms with Crippen LogP contribution >= 0.6 is 0 Å². The van der Waals surface area contributed by atoms with E-state index in [0.29, 0.717) is 12.0 Å². The summed E-state index contributed by atoms with van der Waals surface area (Å²) in [4.78, 5) is 14.5. The van der Waals surface area contributed by atoms with Crippen LogP contribution in [-0.4, -0.2) is 43.0 Å². The first-order valence-corrected chi connectivity index (χ1v) is 6.82. The van der Waals surface area contributed by atoms with E-state index in [1.54, 1.807) is 0 Å². The normalized spacial score (nSPS) is 39.2. The van der Waals surface area contributed by atoms with Crippen molar-refractivity contribution in [3.63, 3.8) is 0 Å². The molecule has 0 bridgehead atoms. The van der Waals surface area contributed by atoms with Gasteiger partial charge in [0.25, 0.3) is 0 Å². The molecule has 2 rings (SSSR count). The third-order valence-electron chi connectivity index (χ3n) is 4.37. The fourth-order valence-electron chi connectivity index (χ4n) is 3.11. The van der Waals surface area contributed by atoms with E-state index >= 15 is 0 Å². The van der Waals surface area contributed by atoms with Crippen molar-refractivity contribution in [1.29, 1.82) is 0 Å². The largest absolute Gasteiger partial charge is 0.352 e. The number of hydrogen-bond donors (Lipinski definition) is 2. The van der Waals surface area contributed by atoms with Crippen LogP contribution in [0.15, 0.2) is 0 Å². The standard InChI is InChI=1S/C13H25N3O/c1-9-4-3-5-11(12(9)14)13(17)15-10-6-7-16(2)8-10/h9-12H,3-8,14H2,1-2H3,(H,15,17). The average Bonchev–Trinajstić information content (AvgIpc) is 2.68. The van der Waals surface area contributed by atoms with Crippen LogP contribution in [0.25, 0.3) is 0 Å². The van der Waals surface area contributed by atoms with Crippen LogP contribution in [0.1, 0.15) is 32.6 Å². The predicted molar refractivity (Wildman–Crippen MR) is 68.5 cm³/mol. The zero-order chi connectivity index (χ0) is 12.4. The summed E-state index contributed by atoms with van der Waals surface area (Å²) in [6, 6.07) is 0.375. The smallest absolute Gasteiger partial charge is 0.224 e. The van der Waals surface area contributed by atoms with Crippen molar-refractivity contribution in [2.24, 2.45) is 17.6 Å². The van der Waals surface area contributed by atoms with Crippen molar-refractivity contribution < 1.29 is 4.79 Å². The summed E-state index contributed by atoms with van der Waals surface area (Å²) in [7, 11) is 2.10. The first-order valence-electron chi connectivity index (χ1n) is 6.82. The minimum atomic E-state index is 0.0321. The number of amides is 1. The third-order valence-corrected chi connectivity index (χ3v) is 4.37. The monoisotopic (exact) mass is 239 g/mol. The number of hydrogen-bond acceptors (Lipinski definition) is 3. The summed E-state index contributed by atoms with van der Waals surface area (Å²) >= 11 is 0. The van der Waals surface area contributed by atoms with Gasteiger partial charge < -0.3 is 16.0 Å². The maximum absolute atomic E-state index is 12.2. The Morgan fingerprint density at radius 1 is 1.35 bits per heavy atom. The fraction of sp³-hybridized carbons (Fsp3) is 0.923. The minimum Gasteiger partial charge on any atom is -0.352 e. The van der Waals surface area contributed by atoms with Gasteiger partial charge in [-0.25, -0.2) is 0 Å². The lowest BCUT2D eigenvalue weighted by Crippen LogP contribution is -2.50. The molecule has 1 heterocycles. The fourth-order valence-corrected chi connectivity index (χ4v) is 3.11. The van der Waals surface area contributed by atoms with Crippen molar-refractivity contribution >= 4 is 5.91 Å². The van der Waals surface area contributed by atoms with Crippen LogP contribution in [0.3, 0.4) is 0 Å². The zero-order valence-electron chi connectivity index (χ0n) is 11.0. The second-order valence-electron chi connectivity index (χ2n) is 5.85. The van der Waals surface area contributed by atoms with Gasteiger partial charge >= 0.3 is 0 Å². The molecule has 0 radical (unpaired) electrons. The van der Waals surface area contributed by atoms with E-state index in [2.05, 4.69) is 24.2 Å². The molecule has 1 aliphatic carbocycles. The van der Waals surface area contributed by atoms with Gasteiger partial charge in [0, 0.05) is 18.6 Å². The van der Waals surface area contributed by atoms with Crippen LogP contribution in [0.5, 0.6) is 0 Å². The highest BCUT2D eigenvalue weighted by Gasteiger charge is 2.34. The van der Waals surface area contributed by atoms with E-state index < -0.39 is 0 Å². The number of nitrogens with two attached hydrogens (primary N) is 1. The number of carbonyl (C=O) groups is 1. The van der Waals surface area contributed by atoms with Crippen LogP contribution in [0.4, 0.5) is 0 Å². The molecule has 4 heteroatoms. The summed E-state index contributed by atoms with van der Waals surface area (Å²) < 4.78 is 0. The maximum atomic E-state index is 12.2. The first kappa shape index (κ1) is 12.8. The molecule has 98 valence electrons. The van der Waals surface area contributed by atoms with Crippen molar-refractivity contribution in [3.05, 3.63) is 0 Å². The van der Waals surface area contributed by atoms with Gasteiger partial charge in [0.1, 0.15) is 0 Å². The summed E-state index contributed by atoms with van der Waals surface area (Å²) in [6.07, 6.45) is 4.33. The van der Waals surface area contributed by atoms with Crippen LogP contribution in [0.2, 0.25) is 0 Å². The molecule has 4 atom stereocenters. The van der Waals surface area contributed by atoms with E-state index in [0.717, 1.165) is 38.8 Å². The lowest BCUT2D eigenvalue weighted by molar-refractivity contribution is -0.127. The Hall–Kier alpha value is -0.610.